The van der Waals surface area contributed by atoms with E-state index >= 15 is 0 Å². The van der Waals surface area contributed by atoms with Crippen molar-refractivity contribution in [3.8, 4) is 0 Å². The average molecular weight is 285 g/mol. The topological polar surface area (TPSA) is 34.0 Å². The molecule has 1 N–H and O–H groups in total. The fourth-order valence-electron chi connectivity index (χ4n) is 2.19. The lowest BCUT2D eigenvalue weighted by Crippen LogP contribution is -2.23. The van der Waals surface area contributed by atoms with Crippen LogP contribution in [0.15, 0.2) is 27.6 Å². The van der Waals surface area contributed by atoms with Gasteiger partial charge in [0.15, 0.2) is 0 Å². The Labute approximate surface area is 104 Å². The number of hydrogen-bond acceptors (Lipinski definition) is 2. The van der Waals surface area contributed by atoms with Crippen molar-refractivity contribution in [2.75, 3.05) is 6.54 Å². The first-order valence-electron chi connectivity index (χ1n) is 5.86. The third kappa shape index (κ3) is 2.95. The van der Waals surface area contributed by atoms with Gasteiger partial charge in [0.1, 0.15) is 0 Å². The Hall–Kier alpha value is -0.610. The highest BCUT2D eigenvalue weighted by Gasteiger charge is 2.13. The van der Waals surface area contributed by atoms with Gasteiger partial charge in [-0.1, -0.05) is 0 Å². The first-order chi connectivity index (χ1) is 7.77. The fourth-order valence-corrected chi connectivity index (χ4v) is 2.58. The van der Waals surface area contributed by atoms with E-state index in [1.165, 1.54) is 19.3 Å². The number of hydrogen-bond donors (Lipinski definition) is 1. The standard InChI is InChI=1S/C12H17BrN2O/c13-11-6-3-9-15(12(11)16)8-2-5-10-4-1-7-14-10/h3,6,9-10,14H,1-2,4-5,7-8H2. The summed E-state index contributed by atoms with van der Waals surface area (Å²) in [6.45, 7) is 1.97. The van der Waals surface area contributed by atoms with E-state index in [1.54, 1.807) is 10.6 Å². The van der Waals surface area contributed by atoms with Crippen molar-refractivity contribution < 1.29 is 0 Å². The fraction of sp³-hybridized carbons (Fsp3) is 0.583. The Morgan fingerprint density at radius 3 is 3.19 bits per heavy atom. The minimum absolute atomic E-state index is 0.0712. The van der Waals surface area contributed by atoms with E-state index in [0.29, 0.717) is 10.5 Å². The van der Waals surface area contributed by atoms with Crippen LogP contribution in [0.2, 0.25) is 0 Å². The second kappa shape index (κ2) is 5.64. The molecule has 2 heterocycles. The molecule has 4 heteroatoms. The Morgan fingerprint density at radius 1 is 1.56 bits per heavy atom. The number of rotatable bonds is 4. The molecule has 88 valence electrons. The predicted octanol–water partition coefficient (Wildman–Crippen LogP) is 2.14. The van der Waals surface area contributed by atoms with Crippen LogP contribution in [0.1, 0.15) is 25.7 Å². The van der Waals surface area contributed by atoms with Crippen molar-refractivity contribution >= 4 is 15.9 Å². The maximum absolute atomic E-state index is 11.7. The van der Waals surface area contributed by atoms with Crippen LogP contribution in [0, 0.1) is 0 Å². The number of aryl methyl sites for hydroxylation is 1. The second-order valence-corrected chi connectivity index (χ2v) is 5.14. The van der Waals surface area contributed by atoms with Gasteiger partial charge in [0, 0.05) is 18.8 Å². The smallest absolute Gasteiger partial charge is 0.264 e. The van der Waals surface area contributed by atoms with Gasteiger partial charge < -0.3 is 9.88 Å². The molecule has 0 amide bonds. The SMILES string of the molecule is O=c1c(Br)cccn1CCCC1CCCN1. The maximum atomic E-state index is 11.7. The van der Waals surface area contributed by atoms with Gasteiger partial charge in [0.25, 0.3) is 5.56 Å². The van der Waals surface area contributed by atoms with E-state index in [9.17, 15) is 4.79 Å². The molecule has 1 atom stereocenters. The highest BCUT2D eigenvalue weighted by atomic mass is 79.9. The number of nitrogens with zero attached hydrogens (tertiary/aromatic N) is 1. The molecule has 3 nitrogen and oxygen atoms in total. The van der Waals surface area contributed by atoms with Crippen LogP contribution >= 0.6 is 15.9 Å². The van der Waals surface area contributed by atoms with Crippen LogP contribution in [0.3, 0.4) is 0 Å². The number of aromatic nitrogens is 1. The molecular weight excluding hydrogens is 268 g/mol. The summed E-state index contributed by atoms with van der Waals surface area (Å²) in [5.74, 6) is 0. The lowest BCUT2D eigenvalue weighted by Gasteiger charge is -2.10. The van der Waals surface area contributed by atoms with Crippen LogP contribution in [0.25, 0.3) is 0 Å². The van der Waals surface area contributed by atoms with Crippen molar-refractivity contribution in [2.45, 2.75) is 38.3 Å². The molecule has 1 unspecified atom stereocenters. The third-order valence-electron chi connectivity index (χ3n) is 3.09. The quantitative estimate of drug-likeness (QED) is 0.919. The highest BCUT2D eigenvalue weighted by Crippen LogP contribution is 2.11. The van der Waals surface area contributed by atoms with Crippen molar-refractivity contribution in [3.63, 3.8) is 0 Å². The molecule has 0 aromatic carbocycles. The summed E-state index contributed by atoms with van der Waals surface area (Å²) >= 11 is 3.26. The van der Waals surface area contributed by atoms with Gasteiger partial charge in [-0.2, -0.15) is 0 Å². The van der Waals surface area contributed by atoms with E-state index in [2.05, 4.69) is 21.2 Å². The molecule has 0 saturated carbocycles. The first kappa shape index (κ1) is 11.9. The van der Waals surface area contributed by atoms with Gasteiger partial charge in [-0.25, -0.2) is 0 Å². The predicted molar refractivity (Wildman–Crippen MR) is 68.7 cm³/mol. The normalized spacial score (nSPS) is 20.2. The molecule has 1 aromatic rings. The van der Waals surface area contributed by atoms with E-state index in [1.807, 2.05) is 12.3 Å². The summed E-state index contributed by atoms with van der Waals surface area (Å²) in [7, 11) is 0. The van der Waals surface area contributed by atoms with Crippen molar-refractivity contribution in [3.05, 3.63) is 33.2 Å². The highest BCUT2D eigenvalue weighted by molar-refractivity contribution is 9.10. The summed E-state index contributed by atoms with van der Waals surface area (Å²) < 4.78 is 2.42. The minimum atomic E-state index is 0.0712. The van der Waals surface area contributed by atoms with Gasteiger partial charge in [0.05, 0.1) is 4.47 Å². The van der Waals surface area contributed by atoms with Gasteiger partial charge in [-0.3, -0.25) is 4.79 Å². The molecule has 1 aliphatic heterocycles. The molecule has 1 saturated heterocycles. The molecule has 0 aliphatic carbocycles. The number of halogens is 1. The lowest BCUT2D eigenvalue weighted by molar-refractivity contribution is 0.497. The molecule has 16 heavy (non-hydrogen) atoms. The molecule has 1 aliphatic rings. The molecule has 0 radical (unpaired) electrons. The summed E-state index contributed by atoms with van der Waals surface area (Å²) in [4.78, 5) is 11.7. The Balaban J connectivity index is 1.85. The van der Waals surface area contributed by atoms with Crippen molar-refractivity contribution in [1.82, 2.24) is 9.88 Å². The monoisotopic (exact) mass is 284 g/mol. The van der Waals surface area contributed by atoms with Crippen LogP contribution in [0.5, 0.6) is 0 Å². The summed E-state index contributed by atoms with van der Waals surface area (Å²) in [6, 6.07) is 4.36. The van der Waals surface area contributed by atoms with Crippen LogP contribution in [-0.4, -0.2) is 17.2 Å². The van der Waals surface area contributed by atoms with Crippen molar-refractivity contribution in [1.29, 1.82) is 0 Å². The molecule has 1 fully saturated rings. The molecule has 0 bridgehead atoms. The Morgan fingerprint density at radius 2 is 2.44 bits per heavy atom. The van der Waals surface area contributed by atoms with Crippen molar-refractivity contribution in [2.24, 2.45) is 0 Å². The summed E-state index contributed by atoms with van der Waals surface area (Å²) in [6.07, 6.45) is 6.66. The Kier molecular flexibility index (Phi) is 4.18. The van der Waals surface area contributed by atoms with E-state index in [-0.39, 0.29) is 5.56 Å². The van der Waals surface area contributed by atoms with Gasteiger partial charge in [-0.05, 0) is 60.3 Å². The first-order valence-corrected chi connectivity index (χ1v) is 6.65. The van der Waals surface area contributed by atoms with Crippen LogP contribution in [0.4, 0.5) is 0 Å². The largest absolute Gasteiger partial charge is 0.315 e. The molecule has 0 spiro atoms. The average Bonchev–Trinajstić information content (AvgIpc) is 2.77. The third-order valence-corrected chi connectivity index (χ3v) is 3.69. The van der Waals surface area contributed by atoms with Crippen LogP contribution < -0.4 is 10.9 Å². The lowest BCUT2D eigenvalue weighted by atomic mass is 10.1. The summed E-state index contributed by atoms with van der Waals surface area (Å²) in [5.41, 5.74) is 0.0712. The van der Waals surface area contributed by atoms with Crippen LogP contribution in [-0.2, 0) is 6.54 Å². The van der Waals surface area contributed by atoms with Gasteiger partial charge in [0.2, 0.25) is 0 Å². The molecule has 2 rings (SSSR count). The zero-order valence-corrected chi connectivity index (χ0v) is 10.9. The van der Waals surface area contributed by atoms with E-state index in [0.717, 1.165) is 19.5 Å². The number of pyridine rings is 1. The second-order valence-electron chi connectivity index (χ2n) is 4.29. The van der Waals surface area contributed by atoms with E-state index < -0.39 is 0 Å². The Bertz CT molecular complexity index is 396. The zero-order chi connectivity index (χ0) is 11.4. The summed E-state index contributed by atoms with van der Waals surface area (Å²) in [5, 5.41) is 3.47. The molecular formula is C12H17BrN2O. The van der Waals surface area contributed by atoms with E-state index in [4.69, 9.17) is 0 Å². The van der Waals surface area contributed by atoms with Gasteiger partial charge >= 0.3 is 0 Å². The minimum Gasteiger partial charge on any atom is -0.315 e. The molecule has 1 aromatic heterocycles. The van der Waals surface area contributed by atoms with Gasteiger partial charge in [-0.15, -0.1) is 0 Å². The number of nitrogens with one attached hydrogen (secondary N) is 1. The maximum Gasteiger partial charge on any atom is 0.264 e. The zero-order valence-electron chi connectivity index (χ0n) is 9.29.